The summed E-state index contributed by atoms with van der Waals surface area (Å²) in [6.45, 7) is 1.99. The fourth-order valence-electron chi connectivity index (χ4n) is 1.74. The number of anilines is 1. The normalized spacial score (nSPS) is 11.2. The van der Waals surface area contributed by atoms with Crippen molar-refractivity contribution < 1.29 is 18.0 Å². The topological polar surface area (TPSA) is 72.3 Å². The second kappa shape index (κ2) is 6.08. The molecule has 1 aromatic carbocycles. The SMILES string of the molecule is CCN(CC(N)=O)c1ccc(C(F)(F)F)cc1C(N)=S. The molecule has 0 unspecified atom stereocenters. The molecule has 1 amide bonds. The van der Waals surface area contributed by atoms with Crippen LogP contribution in [0.3, 0.4) is 0 Å². The van der Waals surface area contributed by atoms with E-state index in [1.54, 1.807) is 6.92 Å². The molecule has 1 rings (SSSR count). The first-order valence-corrected chi connectivity index (χ1v) is 6.12. The lowest BCUT2D eigenvalue weighted by atomic mass is 10.1. The smallest absolute Gasteiger partial charge is 0.389 e. The predicted octanol–water partition coefficient (Wildman–Crippen LogP) is 1.65. The van der Waals surface area contributed by atoms with Crippen molar-refractivity contribution in [1.29, 1.82) is 0 Å². The van der Waals surface area contributed by atoms with E-state index in [1.165, 1.54) is 11.0 Å². The minimum absolute atomic E-state index is 0.0675. The molecule has 8 heteroatoms. The van der Waals surface area contributed by atoms with Gasteiger partial charge >= 0.3 is 6.18 Å². The monoisotopic (exact) mass is 305 g/mol. The first-order chi connectivity index (χ1) is 9.16. The number of nitrogens with zero attached hydrogens (tertiary/aromatic N) is 1. The zero-order valence-electron chi connectivity index (χ0n) is 10.7. The van der Waals surface area contributed by atoms with Gasteiger partial charge in [-0.25, -0.2) is 0 Å². The van der Waals surface area contributed by atoms with Crippen molar-refractivity contribution >= 4 is 28.8 Å². The summed E-state index contributed by atoms with van der Waals surface area (Å²) in [6, 6.07) is 3.03. The van der Waals surface area contributed by atoms with Crippen LogP contribution in [0, 0.1) is 0 Å². The lowest BCUT2D eigenvalue weighted by Gasteiger charge is -2.24. The molecule has 4 nitrogen and oxygen atoms in total. The Morgan fingerprint density at radius 1 is 1.35 bits per heavy atom. The van der Waals surface area contributed by atoms with Crippen molar-refractivity contribution in [2.75, 3.05) is 18.0 Å². The third kappa shape index (κ3) is 3.83. The Bertz CT molecular complexity index is 531. The van der Waals surface area contributed by atoms with Crippen LogP contribution in [0.25, 0.3) is 0 Å². The van der Waals surface area contributed by atoms with Gasteiger partial charge in [0, 0.05) is 17.8 Å². The molecule has 1 aromatic rings. The standard InChI is InChI=1S/C12H14F3N3OS/c1-2-18(6-10(16)19)9-4-3-7(12(13,14)15)5-8(9)11(17)20/h3-5H,2,6H2,1H3,(H2,16,19)(H2,17,20). The first kappa shape index (κ1) is 16.2. The van der Waals surface area contributed by atoms with Crippen LogP contribution in [0.2, 0.25) is 0 Å². The summed E-state index contributed by atoms with van der Waals surface area (Å²) in [7, 11) is 0. The van der Waals surface area contributed by atoms with E-state index >= 15 is 0 Å². The molecule has 0 heterocycles. The van der Waals surface area contributed by atoms with Crippen molar-refractivity contribution in [3.63, 3.8) is 0 Å². The number of thiocarbonyl (C=S) groups is 1. The number of carbonyl (C=O) groups is 1. The van der Waals surface area contributed by atoms with Gasteiger partial charge in [-0.3, -0.25) is 4.79 Å². The minimum Gasteiger partial charge on any atom is -0.389 e. The molecule has 0 fully saturated rings. The number of rotatable bonds is 5. The Morgan fingerprint density at radius 2 is 1.95 bits per heavy atom. The van der Waals surface area contributed by atoms with E-state index in [-0.39, 0.29) is 17.1 Å². The Morgan fingerprint density at radius 3 is 2.35 bits per heavy atom. The summed E-state index contributed by atoms with van der Waals surface area (Å²) in [6.07, 6.45) is -4.49. The van der Waals surface area contributed by atoms with Crippen molar-refractivity contribution in [2.24, 2.45) is 11.5 Å². The molecule has 0 saturated carbocycles. The number of halogens is 3. The number of carbonyl (C=O) groups excluding carboxylic acids is 1. The molecule has 0 bridgehead atoms. The second-order valence-corrected chi connectivity index (χ2v) is 4.51. The van der Waals surface area contributed by atoms with Gasteiger partial charge in [0.1, 0.15) is 4.99 Å². The number of likely N-dealkylation sites (N-methyl/N-ethyl adjacent to an activating group) is 1. The zero-order valence-corrected chi connectivity index (χ0v) is 11.5. The average Bonchev–Trinajstić information content (AvgIpc) is 2.33. The quantitative estimate of drug-likeness (QED) is 0.811. The molecular formula is C12H14F3N3OS. The molecule has 0 aliphatic heterocycles. The summed E-state index contributed by atoms with van der Waals surface area (Å²) < 4.78 is 38.1. The molecule has 4 N–H and O–H groups in total. The maximum Gasteiger partial charge on any atom is 0.416 e. The minimum atomic E-state index is -4.49. The average molecular weight is 305 g/mol. The van der Waals surface area contributed by atoms with E-state index in [4.69, 9.17) is 23.7 Å². The summed E-state index contributed by atoms with van der Waals surface area (Å²) >= 11 is 4.78. The maximum absolute atomic E-state index is 12.7. The van der Waals surface area contributed by atoms with Crippen molar-refractivity contribution in [3.8, 4) is 0 Å². The zero-order chi connectivity index (χ0) is 15.5. The third-order valence-corrected chi connectivity index (χ3v) is 2.88. The Labute approximate surface area is 119 Å². The highest BCUT2D eigenvalue weighted by Crippen LogP contribution is 2.32. The fraction of sp³-hybridized carbons (Fsp3) is 0.333. The van der Waals surface area contributed by atoms with Gasteiger partial charge in [-0.05, 0) is 25.1 Å². The highest BCUT2D eigenvalue weighted by atomic mass is 32.1. The van der Waals surface area contributed by atoms with Crippen molar-refractivity contribution in [3.05, 3.63) is 29.3 Å². The van der Waals surface area contributed by atoms with Gasteiger partial charge in [0.05, 0.1) is 12.1 Å². The molecule has 0 atom stereocenters. The van der Waals surface area contributed by atoms with Gasteiger partial charge in [-0.15, -0.1) is 0 Å². The number of primary amides is 1. The third-order valence-electron chi connectivity index (χ3n) is 2.66. The van der Waals surface area contributed by atoms with Crippen LogP contribution in [0.4, 0.5) is 18.9 Å². The number of benzene rings is 1. The van der Waals surface area contributed by atoms with Crippen LogP contribution >= 0.6 is 12.2 Å². The van der Waals surface area contributed by atoms with Crippen LogP contribution in [0.1, 0.15) is 18.1 Å². The van der Waals surface area contributed by atoms with Crippen molar-refractivity contribution in [1.82, 2.24) is 0 Å². The first-order valence-electron chi connectivity index (χ1n) is 5.71. The highest BCUT2D eigenvalue weighted by Gasteiger charge is 2.31. The lowest BCUT2D eigenvalue weighted by molar-refractivity contribution is -0.137. The Kier molecular flexibility index (Phi) is 4.93. The van der Waals surface area contributed by atoms with E-state index in [9.17, 15) is 18.0 Å². The molecule has 0 aliphatic carbocycles. The van der Waals surface area contributed by atoms with Gasteiger partial charge in [-0.2, -0.15) is 13.2 Å². The van der Waals surface area contributed by atoms with Crippen molar-refractivity contribution in [2.45, 2.75) is 13.1 Å². The molecule has 0 aliphatic rings. The molecule has 0 spiro atoms. The molecular weight excluding hydrogens is 291 g/mol. The number of nitrogens with two attached hydrogens (primary N) is 2. The van der Waals surface area contributed by atoms with Crippen LogP contribution in [0.5, 0.6) is 0 Å². The molecule has 0 saturated heterocycles. The summed E-state index contributed by atoms with van der Waals surface area (Å²) in [5.41, 5.74) is 10.2. The molecule has 0 radical (unpaired) electrons. The van der Waals surface area contributed by atoms with E-state index in [0.717, 1.165) is 12.1 Å². The maximum atomic E-state index is 12.7. The van der Waals surface area contributed by atoms with Crippen LogP contribution < -0.4 is 16.4 Å². The van der Waals surface area contributed by atoms with Gasteiger partial charge in [0.25, 0.3) is 0 Å². The van der Waals surface area contributed by atoms with Crippen LogP contribution in [-0.4, -0.2) is 24.0 Å². The molecule has 20 heavy (non-hydrogen) atoms. The van der Waals surface area contributed by atoms with Crippen LogP contribution in [-0.2, 0) is 11.0 Å². The lowest BCUT2D eigenvalue weighted by Crippen LogP contribution is -2.35. The van der Waals surface area contributed by atoms with Gasteiger partial charge in [0.2, 0.25) is 5.91 Å². The Hall–Kier alpha value is -1.83. The summed E-state index contributed by atoms with van der Waals surface area (Å²) in [4.78, 5) is 12.3. The van der Waals surface area contributed by atoms with Crippen LogP contribution in [0.15, 0.2) is 18.2 Å². The number of hydrogen-bond acceptors (Lipinski definition) is 3. The number of hydrogen-bond donors (Lipinski definition) is 2. The predicted molar refractivity (Wildman–Crippen MR) is 74.4 cm³/mol. The van der Waals surface area contributed by atoms with Gasteiger partial charge in [-0.1, -0.05) is 12.2 Å². The van der Waals surface area contributed by atoms with E-state index < -0.39 is 17.6 Å². The van der Waals surface area contributed by atoms with Gasteiger partial charge in [0.15, 0.2) is 0 Å². The summed E-state index contributed by atoms with van der Waals surface area (Å²) in [5, 5.41) is 0. The molecule has 110 valence electrons. The fourth-order valence-corrected chi connectivity index (χ4v) is 1.90. The largest absolute Gasteiger partial charge is 0.416 e. The number of amides is 1. The van der Waals surface area contributed by atoms with E-state index in [0.29, 0.717) is 12.2 Å². The Balaban J connectivity index is 3.32. The summed E-state index contributed by atoms with van der Waals surface area (Å²) in [5.74, 6) is -0.597. The second-order valence-electron chi connectivity index (χ2n) is 4.07. The number of alkyl halides is 3. The van der Waals surface area contributed by atoms with Gasteiger partial charge < -0.3 is 16.4 Å². The van der Waals surface area contributed by atoms with E-state index in [2.05, 4.69) is 0 Å². The highest BCUT2D eigenvalue weighted by molar-refractivity contribution is 7.80. The van der Waals surface area contributed by atoms with E-state index in [1.807, 2.05) is 0 Å². The molecule has 0 aromatic heterocycles.